The van der Waals surface area contributed by atoms with E-state index in [0.717, 1.165) is 31.2 Å². The molecule has 0 aliphatic heterocycles. The van der Waals surface area contributed by atoms with E-state index < -0.39 is 17.9 Å². The Labute approximate surface area is 161 Å². The number of nitrogens with zero attached hydrogens (tertiary/aromatic N) is 1. The highest BCUT2D eigenvalue weighted by molar-refractivity contribution is 5.81. The Hall–Kier alpha value is -2.41. The lowest BCUT2D eigenvalue weighted by Crippen LogP contribution is -2.55. The highest BCUT2D eigenvalue weighted by Gasteiger charge is 2.28. The summed E-state index contributed by atoms with van der Waals surface area (Å²) in [6.45, 7) is 17.2. The smallest absolute Gasteiger partial charge is 0.330 e. The molecule has 0 atom stereocenters. The molecule has 0 heterocycles. The molecule has 0 saturated carbocycles. The standard InChI is InChI=1S/C20H32NO6/c1-6-18(22)25-14-11-21(10-9-17(4)5,12-15-26-19(23)7-2)13-16-27-20(24)8-3/h6-8,17H,1-3,9-16H2,4-5H3/q+1. The van der Waals surface area contributed by atoms with Gasteiger partial charge in [0.2, 0.25) is 0 Å². The zero-order chi connectivity index (χ0) is 20.7. The minimum Gasteiger partial charge on any atom is -0.457 e. The van der Waals surface area contributed by atoms with E-state index in [0.29, 0.717) is 30.0 Å². The average Bonchev–Trinajstić information content (AvgIpc) is 2.65. The zero-order valence-electron chi connectivity index (χ0n) is 16.5. The molecule has 0 aromatic rings. The lowest BCUT2D eigenvalue weighted by Gasteiger charge is -2.38. The van der Waals surface area contributed by atoms with Gasteiger partial charge in [0.1, 0.15) is 39.5 Å². The summed E-state index contributed by atoms with van der Waals surface area (Å²) in [7, 11) is 0. The molecule has 152 valence electrons. The van der Waals surface area contributed by atoms with Gasteiger partial charge in [-0.15, -0.1) is 0 Å². The van der Waals surface area contributed by atoms with Crippen LogP contribution < -0.4 is 0 Å². The van der Waals surface area contributed by atoms with Gasteiger partial charge in [-0.3, -0.25) is 0 Å². The Morgan fingerprint density at radius 2 is 1.07 bits per heavy atom. The van der Waals surface area contributed by atoms with Crippen molar-refractivity contribution in [3.8, 4) is 0 Å². The number of hydrogen-bond donors (Lipinski definition) is 0. The van der Waals surface area contributed by atoms with Crippen LogP contribution in [0.3, 0.4) is 0 Å². The Morgan fingerprint density at radius 1 is 0.741 bits per heavy atom. The van der Waals surface area contributed by atoms with E-state index in [-0.39, 0.29) is 19.8 Å². The van der Waals surface area contributed by atoms with E-state index in [4.69, 9.17) is 14.2 Å². The quantitative estimate of drug-likeness (QED) is 0.187. The van der Waals surface area contributed by atoms with Crippen LogP contribution in [0.25, 0.3) is 0 Å². The molecule has 0 saturated heterocycles. The molecule has 0 rings (SSSR count). The molecule has 0 unspecified atom stereocenters. The molecule has 0 fully saturated rings. The Kier molecular flexibility index (Phi) is 12.5. The largest absolute Gasteiger partial charge is 0.457 e. The van der Waals surface area contributed by atoms with Gasteiger partial charge in [-0.05, 0) is 12.3 Å². The third-order valence-corrected chi connectivity index (χ3v) is 4.11. The van der Waals surface area contributed by atoms with Crippen LogP contribution in [0.4, 0.5) is 0 Å². The molecule has 0 amide bonds. The van der Waals surface area contributed by atoms with Gasteiger partial charge >= 0.3 is 17.9 Å². The summed E-state index contributed by atoms with van der Waals surface area (Å²) in [6, 6.07) is 0. The van der Waals surface area contributed by atoms with E-state index in [1.54, 1.807) is 0 Å². The molecule has 0 spiro atoms. The van der Waals surface area contributed by atoms with Gasteiger partial charge in [-0.2, -0.15) is 0 Å². The molecular weight excluding hydrogens is 350 g/mol. The Morgan fingerprint density at radius 3 is 1.33 bits per heavy atom. The van der Waals surface area contributed by atoms with E-state index in [9.17, 15) is 14.4 Å². The van der Waals surface area contributed by atoms with E-state index >= 15 is 0 Å². The van der Waals surface area contributed by atoms with Gasteiger partial charge < -0.3 is 18.7 Å². The Bertz CT molecular complexity index is 462. The van der Waals surface area contributed by atoms with Gasteiger partial charge in [0.05, 0.1) is 6.54 Å². The summed E-state index contributed by atoms with van der Waals surface area (Å²) in [5.41, 5.74) is 0. The first-order chi connectivity index (χ1) is 12.8. The summed E-state index contributed by atoms with van der Waals surface area (Å²) in [5.74, 6) is -1.01. The van der Waals surface area contributed by atoms with Crippen LogP contribution in [0.15, 0.2) is 38.0 Å². The van der Waals surface area contributed by atoms with Gasteiger partial charge in [0.15, 0.2) is 0 Å². The first kappa shape index (κ1) is 24.6. The maximum absolute atomic E-state index is 11.3. The molecule has 0 aromatic carbocycles. The van der Waals surface area contributed by atoms with Crippen molar-refractivity contribution in [2.75, 3.05) is 46.0 Å². The third kappa shape index (κ3) is 11.8. The summed E-state index contributed by atoms with van der Waals surface area (Å²) in [4.78, 5) is 34.0. The average molecular weight is 382 g/mol. The van der Waals surface area contributed by atoms with Gasteiger partial charge in [0, 0.05) is 18.2 Å². The van der Waals surface area contributed by atoms with Gasteiger partial charge in [0.25, 0.3) is 0 Å². The van der Waals surface area contributed by atoms with Crippen molar-refractivity contribution < 1.29 is 33.1 Å². The second-order valence-electron chi connectivity index (χ2n) is 6.53. The van der Waals surface area contributed by atoms with Crippen molar-refractivity contribution in [3.63, 3.8) is 0 Å². The number of quaternary nitrogens is 1. The van der Waals surface area contributed by atoms with Gasteiger partial charge in [-0.25, -0.2) is 14.4 Å². The Balaban J connectivity index is 5.11. The maximum Gasteiger partial charge on any atom is 0.330 e. The molecule has 0 aromatic heterocycles. The highest BCUT2D eigenvalue weighted by atomic mass is 16.5. The SMILES string of the molecule is C=CC(=O)OCC[N+](CCOC(=O)C=C)(CCOC(=O)C=C)CCC(C)C. The second kappa shape index (κ2) is 13.7. The fourth-order valence-electron chi connectivity index (χ4n) is 2.40. The molecule has 7 nitrogen and oxygen atoms in total. The first-order valence-corrected chi connectivity index (χ1v) is 9.01. The molecule has 27 heavy (non-hydrogen) atoms. The lowest BCUT2D eigenvalue weighted by atomic mass is 10.1. The minimum absolute atomic E-state index is 0.188. The van der Waals surface area contributed by atoms with E-state index in [2.05, 4.69) is 33.6 Å². The molecule has 0 N–H and O–H groups in total. The second-order valence-corrected chi connectivity index (χ2v) is 6.53. The lowest BCUT2D eigenvalue weighted by molar-refractivity contribution is -0.929. The van der Waals surface area contributed by atoms with Crippen LogP contribution in [0.1, 0.15) is 20.3 Å². The number of carbonyl (C=O) groups is 3. The van der Waals surface area contributed by atoms with Crippen LogP contribution in [0.5, 0.6) is 0 Å². The first-order valence-electron chi connectivity index (χ1n) is 9.01. The number of rotatable bonds is 15. The topological polar surface area (TPSA) is 78.9 Å². The van der Waals surface area contributed by atoms with Crippen molar-refractivity contribution in [1.82, 2.24) is 0 Å². The van der Waals surface area contributed by atoms with E-state index in [1.165, 1.54) is 0 Å². The molecular formula is C20H32NO6+. The fourth-order valence-corrected chi connectivity index (χ4v) is 2.40. The zero-order valence-corrected chi connectivity index (χ0v) is 16.5. The fraction of sp³-hybridized carbons (Fsp3) is 0.550. The van der Waals surface area contributed by atoms with Crippen molar-refractivity contribution in [2.24, 2.45) is 5.92 Å². The summed E-state index contributed by atoms with van der Waals surface area (Å²) in [6.07, 6.45) is 4.25. The van der Waals surface area contributed by atoms with Crippen LogP contribution in [0.2, 0.25) is 0 Å². The molecule has 0 radical (unpaired) electrons. The normalized spacial score (nSPS) is 10.8. The summed E-state index contributed by atoms with van der Waals surface area (Å²) in [5, 5.41) is 0. The van der Waals surface area contributed by atoms with Crippen molar-refractivity contribution in [1.29, 1.82) is 0 Å². The number of esters is 3. The van der Waals surface area contributed by atoms with E-state index in [1.807, 2.05) is 0 Å². The van der Waals surface area contributed by atoms with Crippen molar-refractivity contribution in [2.45, 2.75) is 20.3 Å². The minimum atomic E-state index is -0.492. The number of ether oxygens (including phenoxy) is 3. The van der Waals surface area contributed by atoms with Crippen molar-refractivity contribution >= 4 is 17.9 Å². The predicted octanol–water partition coefficient (Wildman–Crippen LogP) is 2.04. The molecule has 0 bridgehead atoms. The van der Waals surface area contributed by atoms with Crippen molar-refractivity contribution in [3.05, 3.63) is 38.0 Å². The maximum atomic E-state index is 11.3. The highest BCUT2D eigenvalue weighted by Crippen LogP contribution is 2.13. The van der Waals surface area contributed by atoms with Crippen LogP contribution in [-0.4, -0.2) is 68.4 Å². The summed E-state index contributed by atoms with van der Waals surface area (Å²) >= 11 is 0. The number of carbonyl (C=O) groups excluding carboxylic acids is 3. The third-order valence-electron chi connectivity index (χ3n) is 4.11. The van der Waals surface area contributed by atoms with Crippen LogP contribution in [-0.2, 0) is 28.6 Å². The number of hydrogen-bond acceptors (Lipinski definition) is 6. The molecule has 0 aliphatic rings. The van der Waals surface area contributed by atoms with Crippen LogP contribution >= 0.6 is 0 Å². The van der Waals surface area contributed by atoms with Crippen LogP contribution in [0, 0.1) is 5.92 Å². The monoisotopic (exact) mass is 382 g/mol. The molecule has 7 heteroatoms. The predicted molar refractivity (Wildman–Crippen MR) is 103 cm³/mol. The summed E-state index contributed by atoms with van der Waals surface area (Å²) < 4.78 is 15.9. The van der Waals surface area contributed by atoms with Gasteiger partial charge in [-0.1, -0.05) is 33.6 Å². The molecule has 0 aliphatic carbocycles.